The van der Waals surface area contributed by atoms with Gasteiger partial charge >= 0.3 is 0 Å². The van der Waals surface area contributed by atoms with Gasteiger partial charge in [-0.05, 0) is 76.9 Å². The Morgan fingerprint density at radius 2 is 2.00 bits per heavy atom. The third kappa shape index (κ3) is 5.54. The molecule has 1 amide bonds. The summed E-state index contributed by atoms with van der Waals surface area (Å²) in [4.78, 5) is 14.6. The molecule has 0 unspecified atom stereocenters. The molecule has 0 spiro atoms. The number of rotatable bonds is 7. The molecule has 2 rings (SSSR count). The van der Waals surface area contributed by atoms with Crippen LogP contribution in [0.5, 0.6) is 5.75 Å². The van der Waals surface area contributed by atoms with Crippen molar-refractivity contribution in [3.8, 4) is 5.75 Å². The third-order valence-electron chi connectivity index (χ3n) is 4.63. The van der Waals surface area contributed by atoms with E-state index < -0.39 is 6.10 Å². The van der Waals surface area contributed by atoms with Gasteiger partial charge in [0.2, 0.25) is 0 Å². The molecular weight excluding hydrogens is 288 g/mol. The molecule has 1 aliphatic rings. The molecule has 1 N–H and O–H groups in total. The van der Waals surface area contributed by atoms with Crippen LogP contribution in [0.1, 0.15) is 43.7 Å². The highest BCUT2D eigenvalue weighted by Crippen LogP contribution is 2.21. The minimum Gasteiger partial charge on any atom is -0.481 e. The van der Waals surface area contributed by atoms with Crippen molar-refractivity contribution < 1.29 is 9.53 Å². The normalized spacial score (nSPS) is 16.8. The number of aryl methyl sites for hydroxylation is 1. The zero-order chi connectivity index (χ0) is 16.7. The Hall–Kier alpha value is -1.55. The molecule has 0 radical (unpaired) electrons. The molecule has 1 aromatic rings. The lowest BCUT2D eigenvalue weighted by molar-refractivity contribution is -0.127. The Morgan fingerprint density at radius 1 is 1.26 bits per heavy atom. The highest BCUT2D eigenvalue weighted by molar-refractivity contribution is 5.80. The average Bonchev–Trinajstić information content (AvgIpc) is 2.56. The molecule has 1 saturated heterocycles. The number of nitrogens with one attached hydrogen (secondary N) is 1. The van der Waals surface area contributed by atoms with Gasteiger partial charge in [0.15, 0.2) is 6.10 Å². The minimum atomic E-state index is -0.467. The van der Waals surface area contributed by atoms with Crippen LogP contribution in [0.25, 0.3) is 0 Å². The average molecular weight is 318 g/mol. The monoisotopic (exact) mass is 318 g/mol. The van der Waals surface area contributed by atoms with Crippen molar-refractivity contribution in [1.82, 2.24) is 10.2 Å². The number of carbonyl (C=O) groups excluding carboxylic acids is 1. The van der Waals surface area contributed by atoms with Gasteiger partial charge in [0.1, 0.15) is 5.75 Å². The molecule has 23 heavy (non-hydrogen) atoms. The van der Waals surface area contributed by atoms with Crippen molar-refractivity contribution in [2.45, 2.75) is 52.6 Å². The molecule has 4 nitrogen and oxygen atoms in total. The summed E-state index contributed by atoms with van der Waals surface area (Å²) in [6.45, 7) is 10.1. The molecule has 1 aliphatic heterocycles. The number of hydrogen-bond acceptors (Lipinski definition) is 3. The summed E-state index contributed by atoms with van der Waals surface area (Å²) >= 11 is 0. The molecule has 0 aliphatic carbocycles. The molecular formula is C19H30N2O2. The first kappa shape index (κ1) is 17.8. The van der Waals surface area contributed by atoms with E-state index in [1.165, 1.54) is 37.9 Å². The number of amides is 1. The fourth-order valence-electron chi connectivity index (χ4n) is 2.94. The summed E-state index contributed by atoms with van der Waals surface area (Å²) in [5.74, 6) is 0.755. The standard InChI is InChI=1S/C19H30N2O2/c1-15-9-7-10-18(16(15)2)23-17(3)19(22)20-11-8-14-21-12-5-4-6-13-21/h7,9-10,17H,4-6,8,11-14H2,1-3H3,(H,20,22)/t17-/m0/s1. The highest BCUT2D eigenvalue weighted by atomic mass is 16.5. The first-order valence-corrected chi connectivity index (χ1v) is 8.81. The Kier molecular flexibility index (Phi) is 6.90. The lowest BCUT2D eigenvalue weighted by atomic mass is 10.1. The van der Waals surface area contributed by atoms with Gasteiger partial charge < -0.3 is 15.0 Å². The summed E-state index contributed by atoms with van der Waals surface area (Å²) in [6, 6.07) is 5.93. The van der Waals surface area contributed by atoms with Gasteiger partial charge in [0.25, 0.3) is 5.91 Å². The van der Waals surface area contributed by atoms with E-state index in [0.29, 0.717) is 0 Å². The molecule has 0 saturated carbocycles. The Balaban J connectivity index is 1.69. The first-order valence-electron chi connectivity index (χ1n) is 8.81. The van der Waals surface area contributed by atoms with Crippen molar-refractivity contribution in [1.29, 1.82) is 0 Å². The molecule has 1 heterocycles. The maximum absolute atomic E-state index is 12.1. The number of likely N-dealkylation sites (tertiary alicyclic amines) is 1. The van der Waals surface area contributed by atoms with Crippen molar-refractivity contribution in [2.75, 3.05) is 26.2 Å². The summed E-state index contributed by atoms with van der Waals surface area (Å²) in [6.07, 6.45) is 4.52. The molecule has 1 aromatic carbocycles. The minimum absolute atomic E-state index is 0.0375. The van der Waals surface area contributed by atoms with Crippen molar-refractivity contribution >= 4 is 5.91 Å². The van der Waals surface area contributed by atoms with E-state index in [2.05, 4.69) is 10.2 Å². The van der Waals surface area contributed by atoms with Gasteiger partial charge in [-0.1, -0.05) is 18.6 Å². The fraction of sp³-hybridized carbons (Fsp3) is 0.632. The second-order valence-corrected chi connectivity index (χ2v) is 6.51. The van der Waals surface area contributed by atoms with Gasteiger partial charge in [-0.3, -0.25) is 4.79 Å². The van der Waals surface area contributed by atoms with Crippen LogP contribution in [0.3, 0.4) is 0 Å². The Labute approximate surface area is 140 Å². The molecule has 4 heteroatoms. The van der Waals surface area contributed by atoms with Gasteiger partial charge in [0, 0.05) is 6.54 Å². The SMILES string of the molecule is Cc1cccc(O[C@@H](C)C(=O)NCCCN2CCCCC2)c1C. The van der Waals surface area contributed by atoms with Crippen molar-refractivity contribution in [3.05, 3.63) is 29.3 Å². The number of carbonyl (C=O) groups is 1. The van der Waals surface area contributed by atoms with Crippen LogP contribution in [-0.4, -0.2) is 43.1 Å². The van der Waals surface area contributed by atoms with Crippen LogP contribution in [0.15, 0.2) is 18.2 Å². The maximum atomic E-state index is 12.1. The Morgan fingerprint density at radius 3 is 2.74 bits per heavy atom. The number of hydrogen-bond donors (Lipinski definition) is 1. The second-order valence-electron chi connectivity index (χ2n) is 6.51. The van der Waals surface area contributed by atoms with Crippen LogP contribution >= 0.6 is 0 Å². The predicted molar refractivity (Wildman–Crippen MR) is 93.9 cm³/mol. The Bertz CT molecular complexity index is 510. The van der Waals surface area contributed by atoms with Gasteiger partial charge in [-0.25, -0.2) is 0 Å². The van der Waals surface area contributed by atoms with E-state index in [1.807, 2.05) is 39.0 Å². The van der Waals surface area contributed by atoms with Crippen LogP contribution in [0, 0.1) is 13.8 Å². The zero-order valence-electron chi connectivity index (χ0n) is 14.7. The molecule has 128 valence electrons. The smallest absolute Gasteiger partial charge is 0.260 e. The molecule has 1 fully saturated rings. The third-order valence-corrected chi connectivity index (χ3v) is 4.63. The van der Waals surface area contributed by atoms with E-state index in [1.54, 1.807) is 0 Å². The van der Waals surface area contributed by atoms with E-state index in [9.17, 15) is 4.79 Å². The highest BCUT2D eigenvalue weighted by Gasteiger charge is 2.16. The number of piperidine rings is 1. The van der Waals surface area contributed by atoms with Crippen LogP contribution in [-0.2, 0) is 4.79 Å². The largest absolute Gasteiger partial charge is 0.481 e. The maximum Gasteiger partial charge on any atom is 0.260 e. The topological polar surface area (TPSA) is 41.6 Å². The zero-order valence-corrected chi connectivity index (χ0v) is 14.7. The predicted octanol–water partition coefficient (Wildman–Crippen LogP) is 3.06. The second kappa shape index (κ2) is 8.92. The summed E-state index contributed by atoms with van der Waals surface area (Å²) in [5, 5.41) is 2.99. The van der Waals surface area contributed by atoms with Crippen LogP contribution in [0.4, 0.5) is 0 Å². The first-order chi connectivity index (χ1) is 11.1. The number of ether oxygens (including phenoxy) is 1. The quantitative estimate of drug-likeness (QED) is 0.786. The van der Waals surface area contributed by atoms with E-state index in [4.69, 9.17) is 4.74 Å². The van der Waals surface area contributed by atoms with Crippen molar-refractivity contribution in [2.24, 2.45) is 0 Å². The lowest BCUT2D eigenvalue weighted by Crippen LogP contribution is -2.38. The van der Waals surface area contributed by atoms with Crippen LogP contribution in [0.2, 0.25) is 0 Å². The summed E-state index contributed by atoms with van der Waals surface area (Å²) in [5.41, 5.74) is 2.27. The van der Waals surface area contributed by atoms with E-state index >= 15 is 0 Å². The summed E-state index contributed by atoms with van der Waals surface area (Å²) in [7, 11) is 0. The van der Waals surface area contributed by atoms with E-state index in [-0.39, 0.29) is 5.91 Å². The van der Waals surface area contributed by atoms with E-state index in [0.717, 1.165) is 30.8 Å². The van der Waals surface area contributed by atoms with Gasteiger partial charge in [0.05, 0.1) is 0 Å². The van der Waals surface area contributed by atoms with Gasteiger partial charge in [-0.15, -0.1) is 0 Å². The summed E-state index contributed by atoms with van der Waals surface area (Å²) < 4.78 is 5.81. The molecule has 1 atom stereocenters. The van der Waals surface area contributed by atoms with Gasteiger partial charge in [-0.2, -0.15) is 0 Å². The fourth-order valence-corrected chi connectivity index (χ4v) is 2.94. The van der Waals surface area contributed by atoms with Crippen LogP contribution < -0.4 is 10.1 Å². The number of benzene rings is 1. The molecule has 0 aromatic heterocycles. The molecule has 0 bridgehead atoms. The number of nitrogens with zero attached hydrogens (tertiary/aromatic N) is 1. The lowest BCUT2D eigenvalue weighted by Gasteiger charge is -2.26. The van der Waals surface area contributed by atoms with Crippen molar-refractivity contribution in [3.63, 3.8) is 0 Å².